The van der Waals surface area contributed by atoms with Crippen LogP contribution in [0.1, 0.15) is 12.8 Å². The van der Waals surface area contributed by atoms with Gasteiger partial charge in [-0.15, -0.1) is 12.4 Å². The molecular formula is C12H15BrClN3O2. The first-order chi connectivity index (χ1) is 8.63. The molecule has 0 spiro atoms. The van der Waals surface area contributed by atoms with Gasteiger partial charge >= 0.3 is 0 Å². The highest BCUT2D eigenvalue weighted by Crippen LogP contribution is 2.31. The number of benzene rings is 1. The molecular weight excluding hydrogens is 334 g/mol. The quantitative estimate of drug-likeness (QED) is 0.659. The van der Waals surface area contributed by atoms with Gasteiger partial charge in [0.1, 0.15) is 0 Å². The van der Waals surface area contributed by atoms with Gasteiger partial charge in [0.05, 0.1) is 9.40 Å². The lowest BCUT2D eigenvalue weighted by Gasteiger charge is -2.34. The Kier molecular flexibility index (Phi) is 4.32. The van der Waals surface area contributed by atoms with Gasteiger partial charge in [-0.2, -0.15) is 0 Å². The largest absolute Gasteiger partial charge is 0.368 e. The summed E-state index contributed by atoms with van der Waals surface area (Å²) in [7, 11) is 0. The van der Waals surface area contributed by atoms with Crippen molar-refractivity contribution in [2.75, 3.05) is 18.0 Å². The van der Waals surface area contributed by atoms with Crippen LogP contribution in [0.3, 0.4) is 0 Å². The number of nitrogens with one attached hydrogen (secondary N) is 1. The number of halogens is 2. The monoisotopic (exact) mass is 347 g/mol. The third-order valence-corrected chi connectivity index (χ3v) is 4.34. The summed E-state index contributed by atoms with van der Waals surface area (Å²) in [5, 5.41) is 14.3. The molecule has 0 amide bonds. The van der Waals surface area contributed by atoms with Crippen LogP contribution < -0.4 is 10.2 Å². The Bertz CT molecular complexity index is 488. The molecule has 2 unspecified atom stereocenters. The number of piperazine rings is 1. The van der Waals surface area contributed by atoms with Crippen LogP contribution in [0.15, 0.2) is 22.7 Å². The number of nitro groups is 1. The molecule has 2 atom stereocenters. The lowest BCUT2D eigenvalue weighted by Crippen LogP contribution is -2.51. The fourth-order valence-corrected chi connectivity index (χ4v) is 3.36. The zero-order valence-corrected chi connectivity index (χ0v) is 12.6. The van der Waals surface area contributed by atoms with Crippen molar-refractivity contribution in [1.82, 2.24) is 5.32 Å². The predicted octanol–water partition coefficient (Wildman–Crippen LogP) is 2.72. The van der Waals surface area contributed by atoms with E-state index in [-0.39, 0.29) is 23.0 Å². The van der Waals surface area contributed by atoms with E-state index in [9.17, 15) is 10.1 Å². The van der Waals surface area contributed by atoms with Gasteiger partial charge in [0, 0.05) is 36.9 Å². The van der Waals surface area contributed by atoms with Crippen molar-refractivity contribution in [3.63, 3.8) is 0 Å². The number of rotatable bonds is 2. The molecule has 104 valence electrons. The van der Waals surface area contributed by atoms with Crippen molar-refractivity contribution < 1.29 is 4.92 Å². The Morgan fingerprint density at radius 1 is 1.32 bits per heavy atom. The van der Waals surface area contributed by atoms with Crippen LogP contribution in [0.4, 0.5) is 11.4 Å². The fraction of sp³-hybridized carbons (Fsp3) is 0.500. The van der Waals surface area contributed by atoms with Crippen LogP contribution in [-0.4, -0.2) is 30.1 Å². The Morgan fingerprint density at radius 2 is 1.95 bits per heavy atom. The van der Waals surface area contributed by atoms with Crippen molar-refractivity contribution in [1.29, 1.82) is 0 Å². The molecule has 7 heteroatoms. The zero-order chi connectivity index (χ0) is 12.7. The minimum absolute atomic E-state index is 0. The first-order valence-corrected chi connectivity index (χ1v) is 6.88. The minimum atomic E-state index is -0.366. The summed E-state index contributed by atoms with van der Waals surface area (Å²) in [5.41, 5.74) is 1.18. The van der Waals surface area contributed by atoms with Gasteiger partial charge in [0.15, 0.2) is 0 Å². The Labute approximate surface area is 126 Å². The molecule has 2 bridgehead atoms. The van der Waals surface area contributed by atoms with Crippen LogP contribution in [-0.2, 0) is 0 Å². The van der Waals surface area contributed by atoms with E-state index in [1.54, 1.807) is 6.07 Å². The first-order valence-electron chi connectivity index (χ1n) is 6.08. The molecule has 2 aliphatic rings. The summed E-state index contributed by atoms with van der Waals surface area (Å²) in [6, 6.07) is 6.40. The molecule has 1 N–H and O–H groups in total. The molecule has 3 rings (SSSR count). The van der Waals surface area contributed by atoms with E-state index in [1.807, 2.05) is 12.1 Å². The highest BCUT2D eigenvalue weighted by atomic mass is 79.9. The molecule has 5 nitrogen and oxygen atoms in total. The summed E-state index contributed by atoms with van der Waals surface area (Å²) in [4.78, 5) is 12.7. The van der Waals surface area contributed by atoms with Gasteiger partial charge in [-0.3, -0.25) is 10.1 Å². The molecule has 0 aromatic heterocycles. The lowest BCUT2D eigenvalue weighted by molar-refractivity contribution is -0.385. The summed E-state index contributed by atoms with van der Waals surface area (Å²) in [5.74, 6) is 0. The number of hydrogen-bond donors (Lipinski definition) is 1. The maximum absolute atomic E-state index is 10.8. The van der Waals surface area contributed by atoms with E-state index in [1.165, 1.54) is 12.8 Å². The van der Waals surface area contributed by atoms with Crippen LogP contribution in [0, 0.1) is 10.1 Å². The number of hydrogen-bond acceptors (Lipinski definition) is 4. The number of anilines is 1. The maximum atomic E-state index is 10.8. The van der Waals surface area contributed by atoms with Crippen LogP contribution >= 0.6 is 28.3 Å². The average Bonchev–Trinajstić information content (AvgIpc) is 2.67. The lowest BCUT2D eigenvalue weighted by atomic mass is 10.2. The van der Waals surface area contributed by atoms with Crippen molar-refractivity contribution in [3.8, 4) is 0 Å². The Morgan fingerprint density at radius 3 is 2.47 bits per heavy atom. The zero-order valence-electron chi connectivity index (χ0n) is 10.2. The molecule has 19 heavy (non-hydrogen) atoms. The second-order valence-electron chi connectivity index (χ2n) is 4.94. The van der Waals surface area contributed by atoms with Crippen molar-refractivity contribution >= 4 is 39.7 Å². The molecule has 2 aliphatic heterocycles. The van der Waals surface area contributed by atoms with Gasteiger partial charge in [0.25, 0.3) is 5.69 Å². The predicted molar refractivity (Wildman–Crippen MR) is 80.2 cm³/mol. The fourth-order valence-electron chi connectivity index (χ4n) is 2.85. The van der Waals surface area contributed by atoms with E-state index >= 15 is 0 Å². The molecule has 0 aliphatic carbocycles. The molecule has 2 saturated heterocycles. The van der Waals surface area contributed by atoms with Crippen LogP contribution in [0.5, 0.6) is 0 Å². The standard InChI is InChI=1S/C12H14BrN3O2.ClH/c13-11-5-10(3-4-12(11)16(17)18)15-6-8-1-2-9(7-15)14-8;/h3-5,8-9,14H,1-2,6-7H2;1H. The molecule has 0 saturated carbocycles. The molecule has 2 heterocycles. The summed E-state index contributed by atoms with van der Waals surface area (Å²) in [6.07, 6.45) is 2.46. The van der Waals surface area contributed by atoms with E-state index in [2.05, 4.69) is 26.1 Å². The van der Waals surface area contributed by atoms with Gasteiger partial charge < -0.3 is 10.2 Å². The SMILES string of the molecule is Cl.O=[N+]([O-])c1ccc(N2CC3CCC(C2)N3)cc1Br. The van der Waals surface area contributed by atoms with E-state index in [0.29, 0.717) is 16.6 Å². The van der Waals surface area contributed by atoms with E-state index in [0.717, 1.165) is 18.8 Å². The van der Waals surface area contributed by atoms with Gasteiger partial charge in [0.2, 0.25) is 0 Å². The van der Waals surface area contributed by atoms with Crippen molar-refractivity contribution in [2.45, 2.75) is 24.9 Å². The van der Waals surface area contributed by atoms with Gasteiger partial charge in [-0.25, -0.2) is 0 Å². The third-order valence-electron chi connectivity index (χ3n) is 3.71. The van der Waals surface area contributed by atoms with Gasteiger partial charge in [-0.1, -0.05) is 0 Å². The second-order valence-corrected chi connectivity index (χ2v) is 5.79. The van der Waals surface area contributed by atoms with Crippen LogP contribution in [0.25, 0.3) is 0 Å². The second kappa shape index (κ2) is 5.64. The molecule has 1 aromatic carbocycles. The average molecular weight is 349 g/mol. The van der Waals surface area contributed by atoms with Crippen molar-refractivity contribution in [2.24, 2.45) is 0 Å². The molecule has 0 radical (unpaired) electrons. The highest BCUT2D eigenvalue weighted by Gasteiger charge is 2.32. The van der Waals surface area contributed by atoms with Crippen molar-refractivity contribution in [3.05, 3.63) is 32.8 Å². The van der Waals surface area contributed by atoms with E-state index < -0.39 is 0 Å². The maximum Gasteiger partial charge on any atom is 0.283 e. The Hall–Kier alpha value is -0.850. The number of nitrogens with zero attached hydrogens (tertiary/aromatic N) is 2. The third kappa shape index (κ3) is 2.85. The van der Waals surface area contributed by atoms with Crippen LogP contribution in [0.2, 0.25) is 0 Å². The minimum Gasteiger partial charge on any atom is -0.368 e. The summed E-state index contributed by atoms with van der Waals surface area (Å²) < 4.78 is 0.552. The normalized spacial score (nSPS) is 25.0. The summed E-state index contributed by atoms with van der Waals surface area (Å²) >= 11 is 3.28. The topological polar surface area (TPSA) is 58.4 Å². The molecule has 2 fully saturated rings. The van der Waals surface area contributed by atoms with Gasteiger partial charge in [-0.05, 0) is 40.9 Å². The smallest absolute Gasteiger partial charge is 0.283 e. The number of nitro benzene ring substituents is 1. The molecule has 1 aromatic rings. The number of fused-ring (bicyclic) bond motifs is 2. The Balaban J connectivity index is 0.00000133. The highest BCUT2D eigenvalue weighted by molar-refractivity contribution is 9.10. The van der Waals surface area contributed by atoms with E-state index in [4.69, 9.17) is 0 Å². The first kappa shape index (κ1) is 14.6. The summed E-state index contributed by atoms with van der Waals surface area (Å²) in [6.45, 7) is 1.97.